The van der Waals surface area contributed by atoms with Crippen LogP contribution in [0.1, 0.15) is 31.0 Å². The third kappa shape index (κ3) is 4.82. The summed E-state index contributed by atoms with van der Waals surface area (Å²) in [5.74, 6) is -0.0964. The van der Waals surface area contributed by atoms with Crippen LogP contribution in [-0.4, -0.2) is 11.9 Å². The summed E-state index contributed by atoms with van der Waals surface area (Å²) in [7, 11) is 0. The van der Waals surface area contributed by atoms with E-state index in [9.17, 15) is 4.79 Å². The SMILES string of the molecule is C[C@@H]([NH2+][C@H](C)c1ccc(Cl)cc1)C(=O)Nc1cccc(C#N)c1. The Hall–Kier alpha value is -2.35. The minimum Gasteiger partial charge on any atom is -0.330 e. The minimum absolute atomic E-state index is 0.0964. The Labute approximate surface area is 141 Å². The van der Waals surface area contributed by atoms with Gasteiger partial charge in [-0.15, -0.1) is 0 Å². The molecule has 0 spiro atoms. The van der Waals surface area contributed by atoms with Crippen LogP contribution < -0.4 is 10.6 Å². The predicted octanol–water partition coefficient (Wildman–Crippen LogP) is 2.86. The quantitative estimate of drug-likeness (QED) is 0.886. The van der Waals surface area contributed by atoms with Crippen LogP contribution in [0.15, 0.2) is 48.5 Å². The first-order valence-electron chi connectivity index (χ1n) is 7.41. The highest BCUT2D eigenvalue weighted by Crippen LogP contribution is 2.14. The summed E-state index contributed by atoms with van der Waals surface area (Å²) in [6.45, 7) is 3.90. The topological polar surface area (TPSA) is 69.5 Å². The average molecular weight is 329 g/mol. The van der Waals surface area contributed by atoms with Crippen molar-refractivity contribution in [2.75, 3.05) is 5.32 Å². The van der Waals surface area contributed by atoms with Gasteiger partial charge in [-0.05, 0) is 44.2 Å². The zero-order valence-corrected chi connectivity index (χ0v) is 13.8. The van der Waals surface area contributed by atoms with Crippen molar-refractivity contribution in [1.82, 2.24) is 0 Å². The van der Waals surface area contributed by atoms with E-state index in [-0.39, 0.29) is 18.0 Å². The summed E-state index contributed by atoms with van der Waals surface area (Å²) in [5, 5.41) is 14.4. The number of halogens is 1. The number of nitrogens with zero attached hydrogens (tertiary/aromatic N) is 1. The Bertz CT molecular complexity index is 722. The van der Waals surface area contributed by atoms with E-state index in [1.165, 1.54) is 0 Å². The van der Waals surface area contributed by atoms with Crippen LogP contribution in [-0.2, 0) is 4.79 Å². The van der Waals surface area contributed by atoms with Gasteiger partial charge >= 0.3 is 0 Å². The molecule has 1 amide bonds. The maximum absolute atomic E-state index is 12.3. The molecular formula is C18H19ClN3O+. The molecular weight excluding hydrogens is 310 g/mol. The van der Waals surface area contributed by atoms with Gasteiger partial charge in [0.05, 0.1) is 11.6 Å². The number of benzene rings is 2. The van der Waals surface area contributed by atoms with Crippen LogP contribution in [0.2, 0.25) is 5.02 Å². The van der Waals surface area contributed by atoms with E-state index in [0.717, 1.165) is 5.56 Å². The molecule has 0 saturated carbocycles. The lowest BCUT2D eigenvalue weighted by atomic mass is 10.1. The standard InChI is InChI=1S/C18H18ClN3O/c1-12(15-6-8-16(19)9-7-15)21-13(2)18(23)22-17-5-3-4-14(10-17)11-20/h3-10,12-13,21H,1-2H3,(H,22,23)/p+1/t12-,13-/m1/s1. The molecule has 0 bridgehead atoms. The summed E-state index contributed by atoms with van der Waals surface area (Å²) >= 11 is 5.89. The van der Waals surface area contributed by atoms with Crippen molar-refractivity contribution in [3.8, 4) is 6.07 Å². The predicted molar refractivity (Wildman–Crippen MR) is 91.0 cm³/mol. The van der Waals surface area contributed by atoms with Gasteiger partial charge in [0.25, 0.3) is 5.91 Å². The maximum atomic E-state index is 12.3. The normalized spacial score (nSPS) is 13.0. The Kier molecular flexibility index (Phi) is 5.75. The summed E-state index contributed by atoms with van der Waals surface area (Å²) in [5.41, 5.74) is 2.27. The Morgan fingerprint density at radius 2 is 1.91 bits per heavy atom. The van der Waals surface area contributed by atoms with Crippen molar-refractivity contribution in [3.05, 3.63) is 64.7 Å². The van der Waals surface area contributed by atoms with Gasteiger partial charge in [0.2, 0.25) is 0 Å². The summed E-state index contributed by atoms with van der Waals surface area (Å²) in [6.07, 6.45) is 0. The van der Waals surface area contributed by atoms with Gasteiger partial charge in [-0.3, -0.25) is 4.79 Å². The van der Waals surface area contributed by atoms with E-state index in [1.807, 2.05) is 43.4 Å². The zero-order valence-electron chi connectivity index (χ0n) is 13.1. The average Bonchev–Trinajstić information content (AvgIpc) is 2.55. The van der Waals surface area contributed by atoms with Crippen molar-refractivity contribution >= 4 is 23.2 Å². The monoisotopic (exact) mass is 328 g/mol. The second kappa shape index (κ2) is 7.77. The minimum atomic E-state index is -0.258. The number of anilines is 1. The molecule has 0 aliphatic rings. The van der Waals surface area contributed by atoms with Gasteiger partial charge in [-0.25, -0.2) is 0 Å². The van der Waals surface area contributed by atoms with E-state index < -0.39 is 0 Å². The fourth-order valence-electron chi connectivity index (χ4n) is 2.32. The summed E-state index contributed by atoms with van der Waals surface area (Å²) in [6, 6.07) is 16.4. The zero-order chi connectivity index (χ0) is 16.8. The molecule has 0 heterocycles. The van der Waals surface area contributed by atoms with Gasteiger partial charge < -0.3 is 10.6 Å². The van der Waals surface area contributed by atoms with E-state index in [4.69, 9.17) is 16.9 Å². The van der Waals surface area contributed by atoms with Crippen LogP contribution in [0.25, 0.3) is 0 Å². The van der Waals surface area contributed by atoms with Crippen LogP contribution in [0.3, 0.4) is 0 Å². The number of carbonyl (C=O) groups excluding carboxylic acids is 1. The Morgan fingerprint density at radius 1 is 1.22 bits per heavy atom. The Morgan fingerprint density at radius 3 is 2.57 bits per heavy atom. The number of amides is 1. The van der Waals surface area contributed by atoms with Gasteiger partial charge in [0, 0.05) is 16.3 Å². The molecule has 0 fully saturated rings. The van der Waals surface area contributed by atoms with Crippen molar-refractivity contribution in [2.24, 2.45) is 0 Å². The third-order valence-electron chi connectivity index (χ3n) is 3.65. The number of carbonyl (C=O) groups is 1. The van der Waals surface area contributed by atoms with Gasteiger partial charge in [0.1, 0.15) is 6.04 Å². The lowest BCUT2D eigenvalue weighted by Gasteiger charge is -2.17. The molecule has 0 aliphatic heterocycles. The largest absolute Gasteiger partial charge is 0.330 e. The number of rotatable bonds is 5. The first-order chi connectivity index (χ1) is 11.0. The van der Waals surface area contributed by atoms with E-state index in [1.54, 1.807) is 24.3 Å². The van der Waals surface area contributed by atoms with E-state index >= 15 is 0 Å². The lowest BCUT2D eigenvalue weighted by Crippen LogP contribution is -2.91. The van der Waals surface area contributed by atoms with Gasteiger partial charge in [-0.2, -0.15) is 5.26 Å². The van der Waals surface area contributed by atoms with Crippen LogP contribution >= 0.6 is 11.6 Å². The highest BCUT2D eigenvalue weighted by atomic mass is 35.5. The molecule has 0 aromatic heterocycles. The first kappa shape index (κ1) is 17.0. The molecule has 4 nitrogen and oxygen atoms in total. The number of hydrogen-bond acceptors (Lipinski definition) is 2. The fourth-order valence-corrected chi connectivity index (χ4v) is 2.45. The number of nitriles is 1. The third-order valence-corrected chi connectivity index (χ3v) is 3.90. The number of nitrogens with one attached hydrogen (secondary N) is 1. The molecule has 118 valence electrons. The van der Waals surface area contributed by atoms with Crippen LogP contribution in [0.4, 0.5) is 5.69 Å². The summed E-state index contributed by atoms with van der Waals surface area (Å²) < 4.78 is 0. The van der Waals surface area contributed by atoms with Crippen molar-refractivity contribution in [1.29, 1.82) is 5.26 Å². The molecule has 0 aliphatic carbocycles. The molecule has 23 heavy (non-hydrogen) atoms. The summed E-state index contributed by atoms with van der Waals surface area (Å²) in [4.78, 5) is 12.3. The molecule has 5 heteroatoms. The fraction of sp³-hybridized carbons (Fsp3) is 0.222. The second-order valence-corrected chi connectivity index (χ2v) is 5.94. The van der Waals surface area contributed by atoms with Gasteiger partial charge in [-0.1, -0.05) is 29.8 Å². The molecule has 0 radical (unpaired) electrons. The van der Waals surface area contributed by atoms with Crippen LogP contribution in [0.5, 0.6) is 0 Å². The molecule has 2 rings (SSSR count). The molecule has 0 saturated heterocycles. The van der Waals surface area contributed by atoms with Crippen molar-refractivity contribution < 1.29 is 10.1 Å². The molecule has 3 N–H and O–H groups in total. The highest BCUT2D eigenvalue weighted by Gasteiger charge is 2.20. The smallest absolute Gasteiger partial charge is 0.282 e. The number of quaternary nitrogens is 1. The Balaban J connectivity index is 1.96. The van der Waals surface area contributed by atoms with E-state index in [2.05, 4.69) is 11.4 Å². The van der Waals surface area contributed by atoms with Crippen LogP contribution in [0, 0.1) is 11.3 Å². The lowest BCUT2D eigenvalue weighted by molar-refractivity contribution is -0.709. The highest BCUT2D eigenvalue weighted by molar-refractivity contribution is 6.30. The van der Waals surface area contributed by atoms with Crippen molar-refractivity contribution in [2.45, 2.75) is 25.9 Å². The molecule has 2 atom stereocenters. The van der Waals surface area contributed by atoms with Crippen molar-refractivity contribution in [3.63, 3.8) is 0 Å². The number of nitrogens with two attached hydrogens (primary N) is 1. The van der Waals surface area contributed by atoms with Gasteiger partial charge in [0.15, 0.2) is 6.04 Å². The maximum Gasteiger partial charge on any atom is 0.282 e. The first-order valence-corrected chi connectivity index (χ1v) is 7.79. The molecule has 0 unspecified atom stereocenters. The molecule has 2 aromatic rings. The second-order valence-electron chi connectivity index (χ2n) is 5.50. The molecule has 2 aromatic carbocycles. The number of hydrogen-bond donors (Lipinski definition) is 2. The van der Waals surface area contributed by atoms with E-state index in [0.29, 0.717) is 16.3 Å².